The first-order valence-corrected chi connectivity index (χ1v) is 9.28. The quantitative estimate of drug-likeness (QED) is 0.515. The van der Waals surface area contributed by atoms with Crippen LogP contribution in [-0.2, 0) is 4.79 Å². The second-order valence-corrected chi connectivity index (χ2v) is 7.09. The third-order valence-corrected chi connectivity index (χ3v) is 5.26. The highest BCUT2D eigenvalue weighted by Gasteiger charge is 2.16. The number of carbonyl (C=O) groups excluding carboxylic acids is 1. The molecule has 0 saturated carbocycles. The number of hydrogen-bond acceptors (Lipinski definition) is 5. The predicted molar refractivity (Wildman–Crippen MR) is 106 cm³/mol. The number of nitrogens with zero attached hydrogens (tertiary/aromatic N) is 3. The molecule has 1 heterocycles. The Balaban J connectivity index is 1.68. The minimum absolute atomic E-state index is 0.133. The first-order valence-electron chi connectivity index (χ1n) is 7.91. The number of hydrogen-bond donors (Lipinski definition) is 2. The Morgan fingerprint density at radius 1 is 1.19 bits per heavy atom. The first-order chi connectivity index (χ1) is 12.5. The van der Waals surface area contributed by atoms with Gasteiger partial charge in [-0.3, -0.25) is 4.79 Å². The van der Waals surface area contributed by atoms with Crippen molar-refractivity contribution in [3.8, 4) is 11.4 Å². The Morgan fingerprint density at radius 3 is 2.73 bits per heavy atom. The lowest BCUT2D eigenvalue weighted by molar-refractivity contribution is -0.113. The maximum absolute atomic E-state index is 12.2. The van der Waals surface area contributed by atoms with Crippen molar-refractivity contribution in [3.05, 3.63) is 58.6 Å². The summed E-state index contributed by atoms with van der Waals surface area (Å²) in [5.74, 6) is 6.56. The molecule has 0 aliphatic rings. The fraction of sp³-hybridized carbons (Fsp3) is 0.167. The number of nitrogen functional groups attached to an aromatic ring is 1. The van der Waals surface area contributed by atoms with Crippen LogP contribution in [-0.4, -0.2) is 26.5 Å². The lowest BCUT2D eigenvalue weighted by Crippen LogP contribution is -2.17. The van der Waals surface area contributed by atoms with Crippen LogP contribution >= 0.6 is 23.4 Å². The second-order valence-electron chi connectivity index (χ2n) is 5.74. The molecule has 0 aliphatic carbocycles. The van der Waals surface area contributed by atoms with E-state index in [2.05, 4.69) is 15.5 Å². The summed E-state index contributed by atoms with van der Waals surface area (Å²) in [4.78, 5) is 12.2. The van der Waals surface area contributed by atoms with Crippen molar-refractivity contribution in [2.75, 3.05) is 16.9 Å². The van der Waals surface area contributed by atoms with E-state index in [9.17, 15) is 4.79 Å². The van der Waals surface area contributed by atoms with Gasteiger partial charge in [0.1, 0.15) is 0 Å². The van der Waals surface area contributed by atoms with Gasteiger partial charge in [-0.1, -0.05) is 47.6 Å². The van der Waals surface area contributed by atoms with Crippen LogP contribution in [0.5, 0.6) is 0 Å². The summed E-state index contributed by atoms with van der Waals surface area (Å²) in [5.41, 5.74) is 3.67. The molecule has 0 fully saturated rings. The molecule has 134 valence electrons. The van der Waals surface area contributed by atoms with Crippen LogP contribution in [0, 0.1) is 13.8 Å². The number of nitrogens with two attached hydrogens (primary N) is 1. The normalized spacial score (nSPS) is 10.7. The molecule has 3 aromatic rings. The highest BCUT2D eigenvalue weighted by Crippen LogP contribution is 2.27. The standard InChI is InChI=1S/C18H18ClN5OS/c1-11-6-5-9-15(12(11)2)21-16(25)10-26-18-23-22-17(24(18)20)13-7-3-4-8-14(13)19/h3-9H,10,20H2,1-2H3,(H,21,25). The minimum atomic E-state index is -0.133. The summed E-state index contributed by atoms with van der Waals surface area (Å²) in [7, 11) is 0. The van der Waals surface area contributed by atoms with Crippen molar-refractivity contribution in [3.63, 3.8) is 0 Å². The molecule has 3 N–H and O–H groups in total. The molecular formula is C18H18ClN5OS. The van der Waals surface area contributed by atoms with Crippen molar-refractivity contribution in [2.45, 2.75) is 19.0 Å². The number of aryl methyl sites for hydroxylation is 1. The number of thioether (sulfide) groups is 1. The molecule has 26 heavy (non-hydrogen) atoms. The van der Waals surface area contributed by atoms with Crippen LogP contribution in [0.3, 0.4) is 0 Å². The summed E-state index contributed by atoms with van der Waals surface area (Å²) in [6.07, 6.45) is 0. The minimum Gasteiger partial charge on any atom is -0.335 e. The predicted octanol–water partition coefficient (Wildman–Crippen LogP) is 3.66. The molecule has 6 nitrogen and oxygen atoms in total. The van der Waals surface area contributed by atoms with Gasteiger partial charge in [0.25, 0.3) is 0 Å². The smallest absolute Gasteiger partial charge is 0.234 e. The number of rotatable bonds is 5. The summed E-state index contributed by atoms with van der Waals surface area (Å²) < 4.78 is 1.34. The number of amides is 1. The molecule has 0 saturated heterocycles. The van der Waals surface area contributed by atoms with Gasteiger partial charge in [-0.2, -0.15) is 0 Å². The van der Waals surface area contributed by atoms with Gasteiger partial charge in [0.15, 0.2) is 5.82 Å². The van der Waals surface area contributed by atoms with E-state index < -0.39 is 0 Å². The highest BCUT2D eigenvalue weighted by atomic mass is 35.5. The third kappa shape index (κ3) is 3.84. The zero-order valence-electron chi connectivity index (χ0n) is 14.4. The van der Waals surface area contributed by atoms with Gasteiger partial charge in [0.05, 0.1) is 10.8 Å². The average molecular weight is 388 g/mol. The van der Waals surface area contributed by atoms with Gasteiger partial charge in [-0.15, -0.1) is 10.2 Å². The van der Waals surface area contributed by atoms with Crippen LogP contribution in [0.15, 0.2) is 47.6 Å². The van der Waals surface area contributed by atoms with E-state index in [1.807, 2.05) is 50.2 Å². The second kappa shape index (κ2) is 7.80. The van der Waals surface area contributed by atoms with E-state index in [0.717, 1.165) is 16.8 Å². The van der Waals surface area contributed by atoms with E-state index >= 15 is 0 Å². The molecule has 0 bridgehead atoms. The van der Waals surface area contributed by atoms with Gasteiger partial charge < -0.3 is 11.2 Å². The lowest BCUT2D eigenvalue weighted by atomic mass is 10.1. The molecule has 0 atom stereocenters. The van der Waals surface area contributed by atoms with Crippen LogP contribution in [0.2, 0.25) is 5.02 Å². The summed E-state index contributed by atoms with van der Waals surface area (Å²) in [5, 5.41) is 12.0. The molecule has 1 amide bonds. The topological polar surface area (TPSA) is 85.8 Å². The molecule has 1 aromatic heterocycles. The van der Waals surface area contributed by atoms with E-state index in [1.165, 1.54) is 16.4 Å². The summed E-state index contributed by atoms with van der Waals surface area (Å²) in [6, 6.07) is 13.1. The Hall–Kier alpha value is -2.51. The van der Waals surface area contributed by atoms with Crippen molar-refractivity contribution in [2.24, 2.45) is 0 Å². The van der Waals surface area contributed by atoms with Gasteiger partial charge in [-0.25, -0.2) is 4.68 Å². The number of halogens is 1. The van der Waals surface area contributed by atoms with Crippen molar-refractivity contribution >= 4 is 35.0 Å². The largest absolute Gasteiger partial charge is 0.335 e. The van der Waals surface area contributed by atoms with Crippen molar-refractivity contribution in [1.82, 2.24) is 14.9 Å². The van der Waals surface area contributed by atoms with Crippen LogP contribution in [0.25, 0.3) is 11.4 Å². The molecule has 3 rings (SSSR count). The van der Waals surface area contributed by atoms with E-state index in [4.69, 9.17) is 17.4 Å². The first kappa shape index (κ1) is 18.3. The van der Waals surface area contributed by atoms with Gasteiger partial charge in [-0.05, 0) is 43.2 Å². The number of benzene rings is 2. The molecule has 2 aromatic carbocycles. The number of anilines is 1. The van der Waals surface area contributed by atoms with Crippen LogP contribution in [0.1, 0.15) is 11.1 Å². The summed E-state index contributed by atoms with van der Waals surface area (Å²) in [6.45, 7) is 3.98. The monoisotopic (exact) mass is 387 g/mol. The fourth-order valence-corrected chi connectivity index (χ4v) is 3.28. The molecule has 0 radical (unpaired) electrons. The maximum atomic E-state index is 12.2. The zero-order chi connectivity index (χ0) is 18.7. The summed E-state index contributed by atoms with van der Waals surface area (Å²) >= 11 is 7.39. The van der Waals surface area contributed by atoms with E-state index in [0.29, 0.717) is 21.6 Å². The van der Waals surface area contributed by atoms with Gasteiger partial charge in [0.2, 0.25) is 11.1 Å². The Morgan fingerprint density at radius 2 is 1.96 bits per heavy atom. The van der Waals surface area contributed by atoms with Crippen LogP contribution in [0.4, 0.5) is 5.69 Å². The number of carbonyl (C=O) groups is 1. The number of nitrogens with one attached hydrogen (secondary N) is 1. The molecule has 0 spiro atoms. The van der Waals surface area contributed by atoms with Crippen molar-refractivity contribution < 1.29 is 4.79 Å². The Kier molecular flexibility index (Phi) is 5.49. The van der Waals surface area contributed by atoms with Crippen LogP contribution < -0.4 is 11.2 Å². The highest BCUT2D eigenvalue weighted by molar-refractivity contribution is 7.99. The molecular weight excluding hydrogens is 370 g/mol. The number of aromatic nitrogens is 3. The third-order valence-electron chi connectivity index (χ3n) is 3.99. The Bertz CT molecular complexity index is 957. The van der Waals surface area contributed by atoms with Crippen molar-refractivity contribution in [1.29, 1.82) is 0 Å². The SMILES string of the molecule is Cc1cccc(NC(=O)CSc2nnc(-c3ccccc3Cl)n2N)c1C. The molecule has 0 unspecified atom stereocenters. The Labute approximate surface area is 160 Å². The maximum Gasteiger partial charge on any atom is 0.234 e. The van der Waals surface area contributed by atoms with Gasteiger partial charge >= 0.3 is 0 Å². The molecule has 0 aliphatic heterocycles. The fourth-order valence-electron chi connectivity index (χ4n) is 2.40. The lowest BCUT2D eigenvalue weighted by Gasteiger charge is -2.10. The molecule has 8 heteroatoms. The van der Waals surface area contributed by atoms with E-state index in [-0.39, 0.29) is 11.7 Å². The van der Waals surface area contributed by atoms with E-state index in [1.54, 1.807) is 6.07 Å². The average Bonchev–Trinajstić information content (AvgIpc) is 2.98. The zero-order valence-corrected chi connectivity index (χ0v) is 15.9. The van der Waals surface area contributed by atoms with Gasteiger partial charge in [0, 0.05) is 11.3 Å².